The van der Waals surface area contributed by atoms with Crippen LogP contribution < -0.4 is 5.32 Å². The molecule has 1 aliphatic heterocycles. The van der Waals surface area contributed by atoms with E-state index in [4.69, 9.17) is 4.42 Å². The van der Waals surface area contributed by atoms with Crippen LogP contribution in [0.3, 0.4) is 0 Å². The topological polar surface area (TPSA) is 28.4 Å². The second-order valence-corrected chi connectivity index (χ2v) is 5.99. The Labute approximate surface area is 117 Å². The summed E-state index contributed by atoms with van der Waals surface area (Å²) in [7, 11) is 1.95. The van der Waals surface area contributed by atoms with E-state index in [2.05, 4.69) is 37.1 Å². The lowest BCUT2D eigenvalue weighted by Crippen LogP contribution is -2.26. The van der Waals surface area contributed by atoms with Crippen LogP contribution in [0.2, 0.25) is 0 Å². The predicted molar refractivity (Wildman–Crippen MR) is 79.1 cm³/mol. The van der Waals surface area contributed by atoms with Crippen molar-refractivity contribution in [1.29, 1.82) is 0 Å². The number of rotatable bonds is 6. The Hall–Kier alpha value is -0.800. The van der Waals surface area contributed by atoms with Gasteiger partial charge in [0, 0.05) is 18.7 Å². The SMILES string of the molecule is CCC1(CC)CCN(Cc2cc(CNC)oc2C)C1. The van der Waals surface area contributed by atoms with Gasteiger partial charge in [0.2, 0.25) is 0 Å². The minimum Gasteiger partial charge on any atom is -0.465 e. The molecule has 3 heteroatoms. The molecule has 0 unspecified atom stereocenters. The van der Waals surface area contributed by atoms with Gasteiger partial charge in [0.15, 0.2) is 0 Å². The molecule has 0 spiro atoms. The maximum Gasteiger partial charge on any atom is 0.118 e. The molecule has 0 atom stereocenters. The molecule has 1 N–H and O–H groups in total. The molecule has 1 aromatic heterocycles. The molecular formula is C16H28N2O. The summed E-state index contributed by atoms with van der Waals surface area (Å²) in [5.41, 5.74) is 1.92. The average molecular weight is 264 g/mol. The lowest BCUT2D eigenvalue weighted by Gasteiger charge is -2.26. The summed E-state index contributed by atoms with van der Waals surface area (Å²) >= 11 is 0. The lowest BCUT2D eigenvalue weighted by molar-refractivity contribution is 0.235. The van der Waals surface area contributed by atoms with Crippen molar-refractivity contribution in [2.45, 2.75) is 53.1 Å². The van der Waals surface area contributed by atoms with Crippen LogP contribution in [0.25, 0.3) is 0 Å². The molecule has 19 heavy (non-hydrogen) atoms. The van der Waals surface area contributed by atoms with Crippen molar-refractivity contribution in [3.05, 3.63) is 23.2 Å². The fourth-order valence-electron chi connectivity index (χ4n) is 3.24. The highest BCUT2D eigenvalue weighted by molar-refractivity contribution is 5.21. The fraction of sp³-hybridized carbons (Fsp3) is 0.750. The van der Waals surface area contributed by atoms with Crippen LogP contribution in [-0.2, 0) is 13.1 Å². The Balaban J connectivity index is 1.99. The molecule has 0 aromatic carbocycles. The van der Waals surface area contributed by atoms with Crippen LogP contribution in [0.5, 0.6) is 0 Å². The van der Waals surface area contributed by atoms with Crippen LogP contribution in [0.1, 0.15) is 50.2 Å². The van der Waals surface area contributed by atoms with Gasteiger partial charge in [-0.25, -0.2) is 0 Å². The second kappa shape index (κ2) is 6.10. The summed E-state index contributed by atoms with van der Waals surface area (Å²) in [5, 5.41) is 3.14. The van der Waals surface area contributed by atoms with Crippen molar-refractivity contribution in [2.75, 3.05) is 20.1 Å². The van der Waals surface area contributed by atoms with E-state index in [9.17, 15) is 0 Å². The lowest BCUT2D eigenvalue weighted by atomic mass is 9.82. The Morgan fingerprint density at radius 2 is 2.11 bits per heavy atom. The molecule has 1 aromatic rings. The summed E-state index contributed by atoms with van der Waals surface area (Å²) in [6, 6.07) is 2.21. The Morgan fingerprint density at radius 3 is 2.68 bits per heavy atom. The maximum absolute atomic E-state index is 5.78. The van der Waals surface area contributed by atoms with Gasteiger partial charge in [0.1, 0.15) is 11.5 Å². The molecule has 2 heterocycles. The van der Waals surface area contributed by atoms with E-state index in [1.807, 2.05) is 7.05 Å². The molecule has 0 saturated carbocycles. The summed E-state index contributed by atoms with van der Waals surface area (Å²) in [5.74, 6) is 2.13. The number of hydrogen-bond donors (Lipinski definition) is 1. The second-order valence-electron chi connectivity index (χ2n) is 5.99. The van der Waals surface area contributed by atoms with Crippen LogP contribution >= 0.6 is 0 Å². The van der Waals surface area contributed by atoms with E-state index in [-0.39, 0.29) is 0 Å². The molecule has 1 fully saturated rings. The molecule has 1 saturated heterocycles. The van der Waals surface area contributed by atoms with E-state index in [1.165, 1.54) is 37.9 Å². The Kier molecular flexibility index (Phi) is 4.69. The van der Waals surface area contributed by atoms with E-state index in [1.54, 1.807) is 0 Å². The van der Waals surface area contributed by atoms with E-state index < -0.39 is 0 Å². The van der Waals surface area contributed by atoms with Crippen LogP contribution in [0, 0.1) is 12.3 Å². The molecule has 0 aliphatic carbocycles. The van der Waals surface area contributed by atoms with Crippen LogP contribution in [0.15, 0.2) is 10.5 Å². The van der Waals surface area contributed by atoms with Crippen LogP contribution in [0.4, 0.5) is 0 Å². The average Bonchev–Trinajstić information content (AvgIpc) is 2.96. The van der Waals surface area contributed by atoms with Gasteiger partial charge in [-0.2, -0.15) is 0 Å². The van der Waals surface area contributed by atoms with Crippen molar-refractivity contribution in [3.63, 3.8) is 0 Å². The van der Waals surface area contributed by atoms with Gasteiger partial charge in [-0.3, -0.25) is 4.90 Å². The predicted octanol–water partition coefficient (Wildman–Crippen LogP) is 3.32. The zero-order valence-corrected chi connectivity index (χ0v) is 12.9. The van der Waals surface area contributed by atoms with Crippen molar-refractivity contribution < 1.29 is 4.42 Å². The number of nitrogens with zero attached hydrogens (tertiary/aromatic N) is 1. The fourth-order valence-corrected chi connectivity index (χ4v) is 3.24. The number of nitrogens with one attached hydrogen (secondary N) is 1. The molecular weight excluding hydrogens is 236 g/mol. The standard InChI is InChI=1S/C16H28N2O/c1-5-16(6-2)7-8-18(12-16)11-14-9-15(10-17-4)19-13(14)3/h9,17H,5-8,10-12H2,1-4H3. The molecule has 0 amide bonds. The molecule has 1 aliphatic rings. The van der Waals surface area contributed by atoms with Gasteiger partial charge in [-0.1, -0.05) is 13.8 Å². The van der Waals surface area contributed by atoms with E-state index in [0.717, 1.165) is 24.6 Å². The van der Waals surface area contributed by atoms with Gasteiger partial charge in [-0.05, 0) is 51.3 Å². The molecule has 2 rings (SSSR count). The normalized spacial score (nSPS) is 19.2. The van der Waals surface area contributed by atoms with Crippen molar-refractivity contribution in [3.8, 4) is 0 Å². The number of hydrogen-bond acceptors (Lipinski definition) is 3. The van der Waals surface area contributed by atoms with E-state index >= 15 is 0 Å². The smallest absolute Gasteiger partial charge is 0.118 e. The highest BCUT2D eigenvalue weighted by Crippen LogP contribution is 2.37. The van der Waals surface area contributed by atoms with Gasteiger partial charge < -0.3 is 9.73 Å². The summed E-state index contributed by atoms with van der Waals surface area (Å²) in [6.07, 6.45) is 3.95. The van der Waals surface area contributed by atoms with Crippen molar-refractivity contribution >= 4 is 0 Å². The third kappa shape index (κ3) is 3.21. The number of likely N-dealkylation sites (tertiary alicyclic amines) is 1. The minimum absolute atomic E-state index is 0.561. The maximum atomic E-state index is 5.78. The molecule has 108 valence electrons. The number of aryl methyl sites for hydroxylation is 1. The highest BCUT2D eigenvalue weighted by Gasteiger charge is 2.34. The highest BCUT2D eigenvalue weighted by atomic mass is 16.3. The first-order valence-electron chi connectivity index (χ1n) is 7.57. The summed E-state index contributed by atoms with van der Waals surface area (Å²) in [6.45, 7) is 11.1. The first kappa shape index (κ1) is 14.6. The summed E-state index contributed by atoms with van der Waals surface area (Å²) < 4.78 is 5.78. The zero-order chi connectivity index (χ0) is 13.9. The Morgan fingerprint density at radius 1 is 1.37 bits per heavy atom. The van der Waals surface area contributed by atoms with Crippen molar-refractivity contribution in [2.24, 2.45) is 5.41 Å². The van der Waals surface area contributed by atoms with Crippen LogP contribution in [-0.4, -0.2) is 25.0 Å². The first-order chi connectivity index (χ1) is 9.12. The van der Waals surface area contributed by atoms with Crippen molar-refractivity contribution in [1.82, 2.24) is 10.2 Å². The quantitative estimate of drug-likeness (QED) is 0.854. The molecule has 0 bridgehead atoms. The van der Waals surface area contributed by atoms with Gasteiger partial charge >= 0.3 is 0 Å². The summed E-state index contributed by atoms with van der Waals surface area (Å²) in [4.78, 5) is 2.59. The molecule has 0 radical (unpaired) electrons. The molecule has 3 nitrogen and oxygen atoms in total. The van der Waals surface area contributed by atoms with E-state index in [0.29, 0.717) is 5.41 Å². The zero-order valence-electron chi connectivity index (χ0n) is 12.9. The Bertz CT molecular complexity index is 407. The first-order valence-corrected chi connectivity index (χ1v) is 7.57. The van der Waals surface area contributed by atoms with Gasteiger partial charge in [-0.15, -0.1) is 0 Å². The third-order valence-corrected chi connectivity index (χ3v) is 4.83. The number of furan rings is 1. The van der Waals surface area contributed by atoms with Gasteiger partial charge in [0.25, 0.3) is 0 Å². The third-order valence-electron chi connectivity index (χ3n) is 4.83. The van der Waals surface area contributed by atoms with Gasteiger partial charge in [0.05, 0.1) is 6.54 Å². The largest absolute Gasteiger partial charge is 0.465 e. The monoisotopic (exact) mass is 264 g/mol. The minimum atomic E-state index is 0.561.